The lowest BCUT2D eigenvalue weighted by Crippen LogP contribution is -2.11. The zero-order valence-corrected chi connectivity index (χ0v) is 9.20. The second kappa shape index (κ2) is 4.26. The van der Waals surface area contributed by atoms with Crippen molar-refractivity contribution in [2.45, 2.75) is 18.5 Å². The molecule has 1 heterocycles. The minimum absolute atomic E-state index is 0.0924. The second-order valence-electron chi connectivity index (χ2n) is 3.90. The van der Waals surface area contributed by atoms with Gasteiger partial charge in [0, 0.05) is 6.54 Å². The molecule has 0 saturated carbocycles. The molecule has 0 spiro atoms. The average molecular weight is 250 g/mol. The predicted octanol–water partition coefficient (Wildman–Crippen LogP) is 3.44. The summed E-state index contributed by atoms with van der Waals surface area (Å²) in [6.07, 6.45) is -3.54. The molecule has 1 N–H and O–H groups in total. The number of nitrogens with one attached hydrogen (secondary N) is 1. The molecule has 0 radical (unpaired) electrons. The quantitative estimate of drug-likeness (QED) is 0.804. The number of hydrogen-bond donors (Lipinski definition) is 1. The molecule has 0 aromatic heterocycles. The fraction of sp³-hybridized carbons (Fsp3) is 0.455. The summed E-state index contributed by atoms with van der Waals surface area (Å²) in [5, 5.41) is 2.97. The summed E-state index contributed by atoms with van der Waals surface area (Å²) in [4.78, 5) is 0. The van der Waals surface area contributed by atoms with Crippen molar-refractivity contribution in [3.63, 3.8) is 0 Å². The predicted molar refractivity (Wildman–Crippen MR) is 56.7 cm³/mol. The van der Waals surface area contributed by atoms with E-state index in [4.69, 9.17) is 11.6 Å². The number of alkyl halides is 3. The van der Waals surface area contributed by atoms with Gasteiger partial charge in [-0.05, 0) is 30.5 Å². The lowest BCUT2D eigenvalue weighted by Gasteiger charge is -2.15. The van der Waals surface area contributed by atoms with Gasteiger partial charge in [0.1, 0.15) is 0 Å². The maximum Gasteiger partial charge on any atom is 0.417 e. The van der Waals surface area contributed by atoms with Gasteiger partial charge in [0.15, 0.2) is 0 Å². The van der Waals surface area contributed by atoms with Crippen LogP contribution in [0, 0.1) is 0 Å². The van der Waals surface area contributed by atoms with E-state index in [9.17, 15) is 13.2 Å². The third-order valence-electron chi connectivity index (χ3n) is 2.83. The Labute approximate surface area is 96.6 Å². The molecule has 1 aromatic carbocycles. The molecule has 1 aliphatic rings. The maximum atomic E-state index is 12.6. The molecule has 2 rings (SSSR count). The second-order valence-corrected chi connectivity index (χ2v) is 4.27. The normalized spacial score (nSPS) is 21.4. The van der Waals surface area contributed by atoms with Crippen molar-refractivity contribution in [3.05, 3.63) is 34.3 Å². The first-order valence-corrected chi connectivity index (χ1v) is 5.44. The summed E-state index contributed by atoms with van der Waals surface area (Å²) >= 11 is 5.83. The average Bonchev–Trinajstić information content (AvgIpc) is 2.69. The third kappa shape index (κ3) is 2.18. The summed E-state index contributed by atoms with van der Waals surface area (Å²) in [6, 6.07) is 4.12. The molecule has 1 unspecified atom stereocenters. The van der Waals surface area contributed by atoms with E-state index in [2.05, 4.69) is 5.32 Å². The minimum Gasteiger partial charge on any atom is -0.316 e. The number of halogens is 4. The highest BCUT2D eigenvalue weighted by molar-refractivity contribution is 6.32. The van der Waals surface area contributed by atoms with Gasteiger partial charge in [-0.1, -0.05) is 23.7 Å². The highest BCUT2D eigenvalue weighted by Gasteiger charge is 2.34. The monoisotopic (exact) mass is 249 g/mol. The van der Waals surface area contributed by atoms with Crippen molar-refractivity contribution < 1.29 is 13.2 Å². The van der Waals surface area contributed by atoms with E-state index >= 15 is 0 Å². The SMILES string of the molecule is FC(F)(F)c1cccc(C2CCNC2)c1Cl. The Hall–Kier alpha value is -0.740. The Bertz CT molecular complexity index is 383. The van der Waals surface area contributed by atoms with Gasteiger partial charge in [0.2, 0.25) is 0 Å². The van der Waals surface area contributed by atoms with Crippen molar-refractivity contribution in [3.8, 4) is 0 Å². The molecule has 1 atom stereocenters. The van der Waals surface area contributed by atoms with E-state index in [0.717, 1.165) is 19.0 Å². The fourth-order valence-electron chi connectivity index (χ4n) is 2.00. The molecule has 1 fully saturated rings. The number of rotatable bonds is 1. The summed E-state index contributed by atoms with van der Waals surface area (Å²) in [6.45, 7) is 1.53. The maximum absolute atomic E-state index is 12.6. The standard InChI is InChI=1S/C11H11ClF3N/c12-10-8(7-4-5-16-6-7)2-1-3-9(10)11(13,14)15/h1-3,7,16H,4-6H2. The fourth-order valence-corrected chi connectivity index (χ4v) is 2.39. The molecule has 16 heavy (non-hydrogen) atoms. The Morgan fingerprint density at radius 1 is 1.31 bits per heavy atom. The number of hydrogen-bond acceptors (Lipinski definition) is 1. The van der Waals surface area contributed by atoms with Crippen LogP contribution in [0.2, 0.25) is 5.02 Å². The first-order valence-electron chi connectivity index (χ1n) is 5.06. The van der Waals surface area contributed by atoms with Gasteiger partial charge in [-0.3, -0.25) is 0 Å². The van der Waals surface area contributed by atoms with E-state index < -0.39 is 11.7 Å². The largest absolute Gasteiger partial charge is 0.417 e. The molecule has 1 saturated heterocycles. The van der Waals surface area contributed by atoms with E-state index in [1.54, 1.807) is 6.07 Å². The smallest absolute Gasteiger partial charge is 0.316 e. The molecule has 0 aliphatic carbocycles. The summed E-state index contributed by atoms with van der Waals surface area (Å²) in [7, 11) is 0. The lowest BCUT2D eigenvalue weighted by atomic mass is 9.96. The van der Waals surface area contributed by atoms with Crippen LogP contribution in [-0.2, 0) is 6.18 Å². The molecule has 5 heteroatoms. The van der Waals surface area contributed by atoms with Crippen LogP contribution in [0.4, 0.5) is 13.2 Å². The molecular weight excluding hydrogens is 239 g/mol. The Morgan fingerprint density at radius 2 is 2.06 bits per heavy atom. The van der Waals surface area contributed by atoms with Crippen molar-refractivity contribution in [2.75, 3.05) is 13.1 Å². The van der Waals surface area contributed by atoms with Gasteiger partial charge in [0.05, 0.1) is 10.6 Å². The third-order valence-corrected chi connectivity index (χ3v) is 3.26. The molecule has 1 nitrogen and oxygen atoms in total. The van der Waals surface area contributed by atoms with Crippen molar-refractivity contribution in [1.82, 2.24) is 5.32 Å². The molecular formula is C11H11ClF3N. The van der Waals surface area contributed by atoms with Gasteiger partial charge in [-0.15, -0.1) is 0 Å². The van der Waals surface area contributed by atoms with Gasteiger partial charge < -0.3 is 5.32 Å². The van der Waals surface area contributed by atoms with Crippen molar-refractivity contribution >= 4 is 11.6 Å². The van der Waals surface area contributed by atoms with Crippen LogP contribution in [0.5, 0.6) is 0 Å². The number of benzene rings is 1. The van der Waals surface area contributed by atoms with Crippen LogP contribution in [-0.4, -0.2) is 13.1 Å². The minimum atomic E-state index is -4.38. The zero-order valence-electron chi connectivity index (χ0n) is 8.44. The molecule has 0 amide bonds. The molecule has 1 aromatic rings. The van der Waals surface area contributed by atoms with Crippen LogP contribution >= 0.6 is 11.6 Å². The van der Waals surface area contributed by atoms with Gasteiger partial charge in [-0.2, -0.15) is 13.2 Å². The van der Waals surface area contributed by atoms with E-state index in [1.165, 1.54) is 6.07 Å². The Balaban J connectivity index is 2.40. The van der Waals surface area contributed by atoms with Crippen molar-refractivity contribution in [2.24, 2.45) is 0 Å². The van der Waals surface area contributed by atoms with Crippen LogP contribution in [0.1, 0.15) is 23.5 Å². The highest BCUT2D eigenvalue weighted by atomic mass is 35.5. The van der Waals surface area contributed by atoms with Gasteiger partial charge in [-0.25, -0.2) is 0 Å². The van der Waals surface area contributed by atoms with Crippen LogP contribution in [0.15, 0.2) is 18.2 Å². The topological polar surface area (TPSA) is 12.0 Å². The first kappa shape index (κ1) is 11.7. The van der Waals surface area contributed by atoms with E-state index in [1.807, 2.05) is 0 Å². The summed E-state index contributed by atoms with van der Waals surface area (Å²) < 4.78 is 37.8. The van der Waals surface area contributed by atoms with E-state index in [-0.39, 0.29) is 10.9 Å². The van der Waals surface area contributed by atoms with E-state index in [0.29, 0.717) is 12.1 Å². The molecule has 1 aliphatic heterocycles. The zero-order chi connectivity index (χ0) is 11.8. The summed E-state index contributed by atoms with van der Waals surface area (Å²) in [5.74, 6) is 0.0924. The molecule has 0 bridgehead atoms. The van der Waals surface area contributed by atoms with Crippen molar-refractivity contribution in [1.29, 1.82) is 0 Å². The van der Waals surface area contributed by atoms with Crippen LogP contribution in [0.25, 0.3) is 0 Å². The van der Waals surface area contributed by atoms with Crippen LogP contribution in [0.3, 0.4) is 0 Å². The lowest BCUT2D eigenvalue weighted by molar-refractivity contribution is -0.137. The van der Waals surface area contributed by atoms with Gasteiger partial charge in [0.25, 0.3) is 0 Å². The van der Waals surface area contributed by atoms with Crippen LogP contribution < -0.4 is 5.32 Å². The van der Waals surface area contributed by atoms with Gasteiger partial charge >= 0.3 is 6.18 Å². The summed E-state index contributed by atoms with van der Waals surface area (Å²) in [5.41, 5.74) is -0.139. The Morgan fingerprint density at radius 3 is 2.62 bits per heavy atom. The first-order chi connectivity index (χ1) is 7.50. The molecule has 88 valence electrons. The highest BCUT2D eigenvalue weighted by Crippen LogP contribution is 2.39. The Kier molecular flexibility index (Phi) is 3.13.